The Morgan fingerprint density at radius 2 is 1.62 bits per heavy atom. The Hall–Kier alpha value is -1.35. The average Bonchev–Trinajstić information content (AvgIpc) is 3.30. The Balaban J connectivity index is 0.000000196. The van der Waals surface area contributed by atoms with Gasteiger partial charge in [0.25, 0.3) is 0 Å². The number of nitrogens with two attached hydrogens (primary N) is 1. The minimum atomic E-state index is 0.250. The van der Waals surface area contributed by atoms with Gasteiger partial charge < -0.3 is 10.6 Å². The second-order valence-corrected chi connectivity index (χ2v) is 5.70. The van der Waals surface area contributed by atoms with E-state index in [0.717, 1.165) is 13.1 Å². The molecule has 2 fully saturated rings. The summed E-state index contributed by atoms with van der Waals surface area (Å²) in [4.78, 5) is 12.9. The van der Waals surface area contributed by atoms with E-state index in [2.05, 4.69) is 0 Å². The van der Waals surface area contributed by atoms with Crippen LogP contribution in [0.4, 0.5) is 0 Å². The highest BCUT2D eigenvalue weighted by Gasteiger charge is 2.44. The first kappa shape index (κ1) is 17.7. The average molecular weight is 290 g/mol. The van der Waals surface area contributed by atoms with Crippen LogP contribution in [0.3, 0.4) is 0 Å². The van der Waals surface area contributed by atoms with Gasteiger partial charge in [-0.3, -0.25) is 4.79 Å². The standard InChI is InChI=1S/C9H15NO.C7H9N.C2H6/c1-8(11)10-6-4-9(2-3-9)5-7-10;8-6-7-4-2-1-3-5-7;1-2/h2-7H2,1H3;1-5H,6,8H2;1-2H3. The second-order valence-electron chi connectivity index (χ2n) is 5.70. The van der Waals surface area contributed by atoms with Crippen LogP contribution < -0.4 is 5.73 Å². The van der Waals surface area contributed by atoms with Crippen LogP contribution in [0.25, 0.3) is 0 Å². The van der Waals surface area contributed by atoms with Crippen molar-refractivity contribution in [2.24, 2.45) is 11.1 Å². The number of carbonyl (C=O) groups is 1. The highest BCUT2D eigenvalue weighted by molar-refractivity contribution is 5.73. The molecular weight excluding hydrogens is 260 g/mol. The molecule has 21 heavy (non-hydrogen) atoms. The third-order valence-electron chi connectivity index (χ3n) is 4.31. The van der Waals surface area contributed by atoms with Gasteiger partial charge in [-0.1, -0.05) is 44.2 Å². The van der Waals surface area contributed by atoms with Gasteiger partial charge in [-0.2, -0.15) is 0 Å². The largest absolute Gasteiger partial charge is 0.343 e. The Morgan fingerprint density at radius 3 is 1.95 bits per heavy atom. The van der Waals surface area contributed by atoms with Crippen LogP contribution in [-0.2, 0) is 11.3 Å². The molecule has 0 atom stereocenters. The first-order chi connectivity index (χ1) is 10.2. The fourth-order valence-corrected chi connectivity index (χ4v) is 2.59. The molecule has 2 N–H and O–H groups in total. The van der Waals surface area contributed by atoms with Gasteiger partial charge in [0, 0.05) is 26.6 Å². The molecule has 0 unspecified atom stereocenters. The van der Waals surface area contributed by atoms with E-state index in [0.29, 0.717) is 12.0 Å². The predicted molar refractivity (Wildman–Crippen MR) is 88.8 cm³/mol. The first-order valence-corrected chi connectivity index (χ1v) is 8.15. The van der Waals surface area contributed by atoms with Crippen molar-refractivity contribution in [3.63, 3.8) is 0 Å². The molecule has 3 nitrogen and oxygen atoms in total. The van der Waals surface area contributed by atoms with Crippen LogP contribution in [0.15, 0.2) is 30.3 Å². The third kappa shape index (κ3) is 5.88. The van der Waals surface area contributed by atoms with Crippen LogP contribution in [-0.4, -0.2) is 23.9 Å². The van der Waals surface area contributed by atoms with Crippen molar-refractivity contribution in [3.8, 4) is 0 Å². The smallest absolute Gasteiger partial charge is 0.219 e. The van der Waals surface area contributed by atoms with E-state index in [1.807, 2.05) is 49.1 Å². The highest BCUT2D eigenvalue weighted by atomic mass is 16.2. The molecule has 1 aliphatic heterocycles. The summed E-state index contributed by atoms with van der Waals surface area (Å²) >= 11 is 0. The van der Waals surface area contributed by atoms with Gasteiger partial charge in [-0.15, -0.1) is 0 Å². The normalized spacial score (nSPS) is 18.0. The van der Waals surface area contributed by atoms with E-state index in [1.54, 1.807) is 6.92 Å². The van der Waals surface area contributed by atoms with Crippen molar-refractivity contribution in [2.75, 3.05) is 13.1 Å². The molecule has 1 saturated heterocycles. The molecule has 0 aromatic heterocycles. The van der Waals surface area contributed by atoms with Crippen molar-refractivity contribution in [3.05, 3.63) is 35.9 Å². The molecule has 118 valence electrons. The molecule has 1 saturated carbocycles. The maximum Gasteiger partial charge on any atom is 0.219 e. The van der Waals surface area contributed by atoms with Crippen molar-refractivity contribution in [1.29, 1.82) is 0 Å². The molecule has 1 spiro atoms. The summed E-state index contributed by atoms with van der Waals surface area (Å²) in [5.41, 5.74) is 7.24. The summed E-state index contributed by atoms with van der Waals surface area (Å²) in [7, 11) is 0. The van der Waals surface area contributed by atoms with E-state index in [-0.39, 0.29) is 5.91 Å². The molecule has 1 aliphatic carbocycles. The second kappa shape index (κ2) is 8.83. The minimum Gasteiger partial charge on any atom is -0.343 e. The van der Waals surface area contributed by atoms with Gasteiger partial charge in [-0.25, -0.2) is 0 Å². The van der Waals surface area contributed by atoms with Crippen LogP contribution in [0.1, 0.15) is 52.0 Å². The van der Waals surface area contributed by atoms with Crippen LogP contribution in [0.5, 0.6) is 0 Å². The molecule has 0 bridgehead atoms. The number of hydrogen-bond acceptors (Lipinski definition) is 2. The van der Waals surface area contributed by atoms with E-state index in [4.69, 9.17) is 5.73 Å². The number of benzene rings is 1. The maximum absolute atomic E-state index is 11.0. The molecule has 1 aromatic rings. The summed E-state index contributed by atoms with van der Waals surface area (Å²) in [6.45, 7) is 8.33. The number of amides is 1. The molecule has 1 amide bonds. The van der Waals surface area contributed by atoms with E-state index < -0.39 is 0 Å². The fraction of sp³-hybridized carbons (Fsp3) is 0.611. The lowest BCUT2D eigenvalue weighted by Crippen LogP contribution is -2.37. The first-order valence-electron chi connectivity index (χ1n) is 8.15. The lowest BCUT2D eigenvalue weighted by Gasteiger charge is -2.31. The van der Waals surface area contributed by atoms with Gasteiger partial charge in [0.1, 0.15) is 0 Å². The molecule has 1 heterocycles. The highest BCUT2D eigenvalue weighted by Crippen LogP contribution is 2.53. The van der Waals surface area contributed by atoms with Gasteiger partial charge in [0.15, 0.2) is 0 Å². The summed E-state index contributed by atoms with van der Waals surface area (Å²) in [5, 5.41) is 0. The van der Waals surface area contributed by atoms with Gasteiger partial charge in [0.05, 0.1) is 0 Å². The SMILES string of the molecule is CC.CC(=O)N1CCC2(CC1)CC2.NCc1ccccc1. The summed E-state index contributed by atoms with van der Waals surface area (Å²) in [6, 6.07) is 9.99. The van der Waals surface area contributed by atoms with Gasteiger partial charge >= 0.3 is 0 Å². The summed E-state index contributed by atoms with van der Waals surface area (Å²) in [6.07, 6.45) is 5.34. The molecular formula is C18H30N2O. The quantitative estimate of drug-likeness (QED) is 0.859. The van der Waals surface area contributed by atoms with Crippen LogP contribution >= 0.6 is 0 Å². The van der Waals surface area contributed by atoms with E-state index >= 15 is 0 Å². The molecule has 2 aliphatic rings. The van der Waals surface area contributed by atoms with Crippen LogP contribution in [0, 0.1) is 5.41 Å². The Labute approximate surface area is 129 Å². The number of carbonyl (C=O) groups excluding carboxylic acids is 1. The topological polar surface area (TPSA) is 46.3 Å². The number of rotatable bonds is 1. The summed E-state index contributed by atoms with van der Waals surface area (Å²) in [5.74, 6) is 0.250. The van der Waals surface area contributed by atoms with Gasteiger partial charge in [-0.05, 0) is 36.7 Å². The van der Waals surface area contributed by atoms with Crippen molar-refractivity contribution in [2.45, 2.75) is 53.0 Å². The number of hydrogen-bond donors (Lipinski definition) is 1. The van der Waals surface area contributed by atoms with Crippen molar-refractivity contribution in [1.82, 2.24) is 4.90 Å². The zero-order valence-corrected chi connectivity index (χ0v) is 13.8. The van der Waals surface area contributed by atoms with Crippen molar-refractivity contribution >= 4 is 5.91 Å². The Morgan fingerprint density at radius 1 is 1.10 bits per heavy atom. The maximum atomic E-state index is 11.0. The van der Waals surface area contributed by atoms with E-state index in [9.17, 15) is 4.79 Å². The van der Waals surface area contributed by atoms with Crippen LogP contribution in [0.2, 0.25) is 0 Å². The lowest BCUT2D eigenvalue weighted by atomic mass is 9.94. The predicted octanol–water partition coefficient (Wildman–Crippen LogP) is 3.58. The molecule has 3 rings (SSSR count). The third-order valence-corrected chi connectivity index (χ3v) is 4.31. The zero-order chi connectivity index (χ0) is 15.7. The summed E-state index contributed by atoms with van der Waals surface area (Å²) < 4.78 is 0. The molecule has 0 radical (unpaired) electrons. The lowest BCUT2D eigenvalue weighted by molar-refractivity contribution is -0.130. The Kier molecular flexibility index (Phi) is 7.44. The fourth-order valence-electron chi connectivity index (χ4n) is 2.59. The minimum absolute atomic E-state index is 0.250. The molecule has 3 heteroatoms. The number of likely N-dealkylation sites (tertiary alicyclic amines) is 1. The van der Waals surface area contributed by atoms with E-state index in [1.165, 1.54) is 31.2 Å². The number of piperidine rings is 1. The zero-order valence-electron chi connectivity index (χ0n) is 13.8. The Bertz CT molecular complexity index is 402. The molecule has 1 aromatic carbocycles. The monoisotopic (exact) mass is 290 g/mol. The van der Waals surface area contributed by atoms with Crippen molar-refractivity contribution < 1.29 is 4.79 Å². The number of nitrogens with zero attached hydrogens (tertiary/aromatic N) is 1. The van der Waals surface area contributed by atoms with Gasteiger partial charge in [0.2, 0.25) is 5.91 Å².